The number of halogens is 1. The zero-order chi connectivity index (χ0) is 9.97. The van der Waals surface area contributed by atoms with Crippen LogP contribution in [0.1, 0.15) is 5.69 Å². The highest BCUT2D eigenvalue weighted by Gasteiger charge is 2.01. The first-order valence-corrected chi connectivity index (χ1v) is 3.72. The summed E-state index contributed by atoms with van der Waals surface area (Å²) < 4.78 is 13.8. The summed E-state index contributed by atoms with van der Waals surface area (Å²) in [5.41, 5.74) is 0.210. The Bertz CT molecular complexity index is 481. The van der Waals surface area contributed by atoms with Gasteiger partial charge in [0, 0.05) is 0 Å². The summed E-state index contributed by atoms with van der Waals surface area (Å²) in [5, 5.41) is 12.2. The predicted molar refractivity (Wildman–Crippen MR) is 43.8 cm³/mol. The molecule has 68 valence electrons. The standard InChI is InChI=1S/C8H4FN5/c9-6-2-13-14(5-6)8-4-11-7(1-10)3-12-8/h2-5H. The number of hydrogen-bond donors (Lipinski definition) is 0. The summed E-state index contributed by atoms with van der Waals surface area (Å²) >= 11 is 0. The van der Waals surface area contributed by atoms with Gasteiger partial charge in [-0.05, 0) is 0 Å². The molecule has 14 heavy (non-hydrogen) atoms. The Kier molecular flexibility index (Phi) is 1.91. The van der Waals surface area contributed by atoms with E-state index in [2.05, 4.69) is 15.1 Å². The molecule has 2 aromatic rings. The van der Waals surface area contributed by atoms with Crippen molar-refractivity contribution < 1.29 is 4.39 Å². The molecule has 0 bridgehead atoms. The number of nitrogens with zero attached hydrogens (tertiary/aromatic N) is 5. The van der Waals surface area contributed by atoms with E-state index in [9.17, 15) is 4.39 Å². The van der Waals surface area contributed by atoms with E-state index in [0.29, 0.717) is 5.82 Å². The van der Waals surface area contributed by atoms with Crippen LogP contribution < -0.4 is 0 Å². The summed E-state index contributed by atoms with van der Waals surface area (Å²) in [5.74, 6) is -0.0796. The smallest absolute Gasteiger partial charge is 0.171 e. The Hall–Kier alpha value is -2.29. The van der Waals surface area contributed by atoms with Crippen molar-refractivity contribution in [3.05, 3.63) is 36.3 Å². The van der Waals surface area contributed by atoms with Gasteiger partial charge in [0.05, 0.1) is 24.8 Å². The van der Waals surface area contributed by atoms with E-state index >= 15 is 0 Å². The van der Waals surface area contributed by atoms with Crippen LogP contribution in [-0.4, -0.2) is 19.7 Å². The zero-order valence-electron chi connectivity index (χ0n) is 6.92. The molecular formula is C8H4FN5. The lowest BCUT2D eigenvalue weighted by molar-refractivity contribution is 0.627. The number of rotatable bonds is 1. The van der Waals surface area contributed by atoms with Crippen molar-refractivity contribution in [2.45, 2.75) is 0 Å². The number of hydrogen-bond acceptors (Lipinski definition) is 4. The minimum absolute atomic E-state index is 0.210. The Morgan fingerprint density at radius 3 is 2.64 bits per heavy atom. The lowest BCUT2D eigenvalue weighted by Crippen LogP contribution is -1.99. The SMILES string of the molecule is N#Cc1cnc(-n2cc(F)cn2)cn1. The summed E-state index contributed by atoms with van der Waals surface area (Å²) in [6.07, 6.45) is 4.90. The van der Waals surface area contributed by atoms with Gasteiger partial charge in [-0.15, -0.1) is 0 Å². The molecule has 0 amide bonds. The molecule has 0 aliphatic carbocycles. The average Bonchev–Trinajstić information content (AvgIpc) is 2.65. The van der Waals surface area contributed by atoms with Crippen molar-refractivity contribution in [2.75, 3.05) is 0 Å². The van der Waals surface area contributed by atoms with Crippen LogP contribution in [0.15, 0.2) is 24.8 Å². The second-order valence-electron chi connectivity index (χ2n) is 2.47. The fourth-order valence-corrected chi connectivity index (χ4v) is 0.923. The van der Waals surface area contributed by atoms with Crippen LogP contribution in [0.2, 0.25) is 0 Å². The molecule has 0 saturated heterocycles. The lowest BCUT2D eigenvalue weighted by Gasteiger charge is -1.97. The first-order chi connectivity index (χ1) is 6.79. The first-order valence-electron chi connectivity index (χ1n) is 3.72. The van der Waals surface area contributed by atoms with Crippen LogP contribution in [0, 0.1) is 17.1 Å². The molecule has 0 N–H and O–H groups in total. The van der Waals surface area contributed by atoms with Gasteiger partial charge in [-0.25, -0.2) is 19.0 Å². The molecule has 2 rings (SSSR count). The molecule has 0 unspecified atom stereocenters. The molecule has 0 fully saturated rings. The van der Waals surface area contributed by atoms with Crippen molar-refractivity contribution in [1.29, 1.82) is 5.26 Å². The van der Waals surface area contributed by atoms with Crippen molar-refractivity contribution in [2.24, 2.45) is 0 Å². The van der Waals surface area contributed by atoms with Crippen LogP contribution in [0.25, 0.3) is 5.82 Å². The van der Waals surface area contributed by atoms with Crippen LogP contribution in [-0.2, 0) is 0 Å². The van der Waals surface area contributed by atoms with E-state index in [4.69, 9.17) is 5.26 Å². The molecule has 0 aliphatic rings. The molecule has 0 spiro atoms. The Balaban J connectivity index is 2.39. The maximum absolute atomic E-state index is 12.6. The van der Waals surface area contributed by atoms with Crippen molar-refractivity contribution in [3.63, 3.8) is 0 Å². The fraction of sp³-hybridized carbons (Fsp3) is 0. The zero-order valence-corrected chi connectivity index (χ0v) is 6.92. The Morgan fingerprint density at radius 1 is 1.29 bits per heavy atom. The van der Waals surface area contributed by atoms with E-state index in [-0.39, 0.29) is 5.69 Å². The monoisotopic (exact) mass is 189 g/mol. The summed E-state index contributed by atoms with van der Waals surface area (Å²) in [7, 11) is 0. The fourth-order valence-electron chi connectivity index (χ4n) is 0.923. The van der Waals surface area contributed by atoms with Gasteiger partial charge in [0.25, 0.3) is 0 Å². The highest BCUT2D eigenvalue weighted by atomic mass is 19.1. The lowest BCUT2D eigenvalue weighted by atomic mass is 10.5. The van der Waals surface area contributed by atoms with Gasteiger partial charge < -0.3 is 0 Å². The minimum atomic E-state index is -0.448. The van der Waals surface area contributed by atoms with Gasteiger partial charge in [-0.1, -0.05) is 0 Å². The quantitative estimate of drug-likeness (QED) is 0.661. The molecule has 2 heterocycles. The van der Waals surface area contributed by atoms with Crippen LogP contribution in [0.4, 0.5) is 4.39 Å². The summed E-state index contributed by atoms with van der Waals surface area (Å²) in [4.78, 5) is 7.66. The van der Waals surface area contributed by atoms with Crippen LogP contribution >= 0.6 is 0 Å². The van der Waals surface area contributed by atoms with Gasteiger partial charge >= 0.3 is 0 Å². The van der Waals surface area contributed by atoms with E-state index in [1.54, 1.807) is 0 Å². The molecule has 5 nitrogen and oxygen atoms in total. The largest absolute Gasteiger partial charge is 0.240 e. The third-order valence-corrected chi connectivity index (χ3v) is 1.54. The highest BCUT2D eigenvalue weighted by Crippen LogP contribution is 2.02. The van der Waals surface area contributed by atoms with Gasteiger partial charge in [-0.3, -0.25) is 0 Å². The summed E-state index contributed by atoms with van der Waals surface area (Å²) in [6, 6.07) is 1.83. The number of nitriles is 1. The predicted octanol–water partition coefficient (Wildman–Crippen LogP) is 0.673. The van der Waals surface area contributed by atoms with Gasteiger partial charge in [0.1, 0.15) is 6.07 Å². The first kappa shape index (κ1) is 8.31. The Morgan fingerprint density at radius 2 is 2.14 bits per heavy atom. The summed E-state index contributed by atoms with van der Waals surface area (Å²) in [6.45, 7) is 0. The van der Waals surface area contributed by atoms with E-state index in [1.807, 2.05) is 6.07 Å². The van der Waals surface area contributed by atoms with Gasteiger partial charge in [-0.2, -0.15) is 10.4 Å². The molecular weight excluding hydrogens is 185 g/mol. The third kappa shape index (κ3) is 1.43. The second kappa shape index (κ2) is 3.22. The Labute approximate surface area is 78.5 Å². The topological polar surface area (TPSA) is 67.4 Å². The van der Waals surface area contributed by atoms with Gasteiger partial charge in [0.15, 0.2) is 17.3 Å². The van der Waals surface area contributed by atoms with Crippen molar-refractivity contribution in [1.82, 2.24) is 19.7 Å². The average molecular weight is 189 g/mol. The van der Waals surface area contributed by atoms with Crippen molar-refractivity contribution in [3.8, 4) is 11.9 Å². The minimum Gasteiger partial charge on any atom is -0.240 e. The molecule has 0 aliphatic heterocycles. The maximum atomic E-state index is 12.6. The normalized spacial score (nSPS) is 9.71. The van der Waals surface area contributed by atoms with Crippen LogP contribution in [0.5, 0.6) is 0 Å². The van der Waals surface area contributed by atoms with E-state index in [1.165, 1.54) is 23.3 Å². The van der Waals surface area contributed by atoms with Crippen molar-refractivity contribution >= 4 is 0 Å². The maximum Gasteiger partial charge on any atom is 0.171 e. The van der Waals surface area contributed by atoms with Crippen LogP contribution in [0.3, 0.4) is 0 Å². The van der Waals surface area contributed by atoms with Gasteiger partial charge in [0.2, 0.25) is 0 Å². The molecule has 0 radical (unpaired) electrons. The molecule has 0 atom stereocenters. The van der Waals surface area contributed by atoms with E-state index in [0.717, 1.165) is 6.20 Å². The number of aromatic nitrogens is 4. The third-order valence-electron chi connectivity index (χ3n) is 1.54. The molecule has 0 aromatic carbocycles. The second-order valence-corrected chi connectivity index (χ2v) is 2.47. The van der Waals surface area contributed by atoms with E-state index < -0.39 is 5.82 Å². The molecule has 2 aromatic heterocycles. The molecule has 6 heteroatoms. The highest BCUT2D eigenvalue weighted by molar-refractivity contribution is 5.22. The molecule has 0 saturated carbocycles.